The van der Waals surface area contributed by atoms with Crippen LogP contribution in [0.3, 0.4) is 0 Å². The fourth-order valence-electron chi connectivity index (χ4n) is 1.88. The summed E-state index contributed by atoms with van der Waals surface area (Å²) in [6, 6.07) is 6.68. The van der Waals surface area contributed by atoms with Gasteiger partial charge in [-0.2, -0.15) is 0 Å². The van der Waals surface area contributed by atoms with Gasteiger partial charge in [-0.05, 0) is 50.6 Å². The fraction of sp³-hybridized carbons (Fsp3) is 0.267. The third-order valence-corrected chi connectivity index (χ3v) is 2.76. The van der Waals surface area contributed by atoms with E-state index in [9.17, 15) is 9.18 Å². The van der Waals surface area contributed by atoms with Gasteiger partial charge in [0, 0.05) is 11.3 Å². The van der Waals surface area contributed by atoms with E-state index < -0.39 is 0 Å². The predicted molar refractivity (Wildman–Crippen MR) is 71.3 cm³/mol. The molecule has 0 aliphatic rings. The second kappa shape index (κ2) is 5.26. The van der Waals surface area contributed by atoms with Crippen LogP contribution in [0.15, 0.2) is 24.3 Å². The monoisotopic (exact) mass is 258 g/mol. The van der Waals surface area contributed by atoms with Gasteiger partial charge in [0.15, 0.2) is 0 Å². The van der Waals surface area contributed by atoms with Crippen LogP contribution < -0.4 is 0 Å². The average molecular weight is 258 g/mol. The van der Waals surface area contributed by atoms with Crippen molar-refractivity contribution in [2.24, 2.45) is 0 Å². The van der Waals surface area contributed by atoms with E-state index in [1.54, 1.807) is 19.1 Å². The standard InChI is InChI=1S/C15H15FN2O/c1-9-6-12(4-5-13(9)16)14-7-10(2)17-15(18-14)8-11(3)19/h4-7H,8H2,1-3H3. The maximum atomic E-state index is 13.3. The minimum Gasteiger partial charge on any atom is -0.300 e. The van der Waals surface area contributed by atoms with Gasteiger partial charge in [-0.15, -0.1) is 0 Å². The summed E-state index contributed by atoms with van der Waals surface area (Å²) in [5.41, 5.74) is 2.91. The molecule has 0 aliphatic carbocycles. The van der Waals surface area contributed by atoms with Gasteiger partial charge in [-0.25, -0.2) is 14.4 Å². The van der Waals surface area contributed by atoms with Crippen LogP contribution in [0.1, 0.15) is 24.0 Å². The maximum Gasteiger partial charge on any atom is 0.137 e. The normalized spacial score (nSPS) is 10.5. The summed E-state index contributed by atoms with van der Waals surface area (Å²) in [5, 5.41) is 0. The van der Waals surface area contributed by atoms with Crippen molar-refractivity contribution in [1.29, 1.82) is 0 Å². The molecule has 0 fully saturated rings. The third-order valence-electron chi connectivity index (χ3n) is 2.76. The first kappa shape index (κ1) is 13.3. The molecule has 0 aliphatic heterocycles. The van der Waals surface area contributed by atoms with E-state index in [4.69, 9.17) is 0 Å². The van der Waals surface area contributed by atoms with E-state index in [1.165, 1.54) is 13.0 Å². The Kier molecular flexibility index (Phi) is 3.69. The molecule has 0 spiro atoms. The molecule has 2 rings (SSSR count). The summed E-state index contributed by atoms with van der Waals surface area (Å²) in [6.07, 6.45) is 0.217. The van der Waals surface area contributed by atoms with E-state index in [1.807, 2.05) is 13.0 Å². The second-order valence-corrected chi connectivity index (χ2v) is 4.65. The molecule has 0 amide bonds. The zero-order valence-electron chi connectivity index (χ0n) is 11.2. The molecule has 1 aromatic heterocycles. The van der Waals surface area contributed by atoms with Gasteiger partial charge >= 0.3 is 0 Å². The number of Topliss-reactive ketones (excluding diaryl/α,β-unsaturated/α-hetero) is 1. The van der Waals surface area contributed by atoms with E-state index in [-0.39, 0.29) is 18.0 Å². The van der Waals surface area contributed by atoms with Crippen LogP contribution in [0.2, 0.25) is 0 Å². The Morgan fingerprint density at radius 1 is 1.21 bits per heavy atom. The number of halogens is 1. The molecule has 0 bridgehead atoms. The van der Waals surface area contributed by atoms with Crippen molar-refractivity contribution in [2.75, 3.05) is 0 Å². The number of aryl methyl sites for hydroxylation is 2. The lowest BCUT2D eigenvalue weighted by molar-refractivity contribution is -0.116. The summed E-state index contributed by atoms with van der Waals surface area (Å²) in [5.74, 6) is 0.287. The molecular weight excluding hydrogens is 243 g/mol. The zero-order valence-corrected chi connectivity index (χ0v) is 11.2. The topological polar surface area (TPSA) is 42.9 Å². The number of ketones is 1. The highest BCUT2D eigenvalue weighted by molar-refractivity contribution is 5.77. The van der Waals surface area contributed by atoms with E-state index >= 15 is 0 Å². The van der Waals surface area contributed by atoms with Crippen molar-refractivity contribution in [3.8, 4) is 11.3 Å². The highest BCUT2D eigenvalue weighted by Gasteiger charge is 2.08. The summed E-state index contributed by atoms with van der Waals surface area (Å²) in [6.45, 7) is 5.07. The molecule has 1 heterocycles. The van der Waals surface area contributed by atoms with Crippen molar-refractivity contribution < 1.29 is 9.18 Å². The maximum absolute atomic E-state index is 13.3. The molecule has 0 saturated heterocycles. The van der Waals surface area contributed by atoms with Gasteiger partial charge in [0.25, 0.3) is 0 Å². The molecule has 19 heavy (non-hydrogen) atoms. The highest BCUT2D eigenvalue weighted by Crippen LogP contribution is 2.20. The SMILES string of the molecule is CC(=O)Cc1nc(C)cc(-c2ccc(F)c(C)c2)n1. The van der Waals surface area contributed by atoms with Gasteiger partial charge in [-0.1, -0.05) is 0 Å². The summed E-state index contributed by atoms with van der Waals surface area (Å²) >= 11 is 0. The highest BCUT2D eigenvalue weighted by atomic mass is 19.1. The Labute approximate surface area is 111 Å². The lowest BCUT2D eigenvalue weighted by Crippen LogP contribution is -2.04. The Morgan fingerprint density at radius 3 is 2.58 bits per heavy atom. The molecule has 0 atom stereocenters. The molecule has 3 nitrogen and oxygen atoms in total. The lowest BCUT2D eigenvalue weighted by atomic mass is 10.1. The molecular formula is C15H15FN2O. The Hall–Kier alpha value is -2.10. The second-order valence-electron chi connectivity index (χ2n) is 4.65. The number of carbonyl (C=O) groups excluding carboxylic acids is 1. The first-order valence-electron chi connectivity index (χ1n) is 6.06. The van der Waals surface area contributed by atoms with Crippen LogP contribution in [-0.2, 0) is 11.2 Å². The van der Waals surface area contributed by atoms with Crippen LogP contribution in [0.4, 0.5) is 4.39 Å². The average Bonchev–Trinajstić information content (AvgIpc) is 2.31. The number of carbonyl (C=O) groups is 1. The third kappa shape index (κ3) is 3.22. The first-order valence-corrected chi connectivity index (χ1v) is 6.06. The summed E-state index contributed by atoms with van der Waals surface area (Å²) in [4.78, 5) is 19.7. The molecule has 2 aromatic rings. The molecule has 0 unspecified atom stereocenters. The summed E-state index contributed by atoms with van der Waals surface area (Å²) < 4.78 is 13.3. The molecule has 0 N–H and O–H groups in total. The Morgan fingerprint density at radius 2 is 1.95 bits per heavy atom. The predicted octanol–water partition coefficient (Wildman–Crippen LogP) is 3.03. The minimum absolute atomic E-state index is 0.0202. The van der Waals surface area contributed by atoms with Crippen molar-refractivity contribution >= 4 is 5.78 Å². The minimum atomic E-state index is -0.238. The van der Waals surface area contributed by atoms with Gasteiger partial charge < -0.3 is 0 Å². The number of benzene rings is 1. The number of rotatable bonds is 3. The van der Waals surface area contributed by atoms with Crippen LogP contribution in [0.5, 0.6) is 0 Å². The quantitative estimate of drug-likeness (QED) is 0.849. The van der Waals surface area contributed by atoms with Crippen LogP contribution in [0, 0.1) is 19.7 Å². The van der Waals surface area contributed by atoms with Crippen LogP contribution >= 0.6 is 0 Å². The molecule has 0 saturated carbocycles. The zero-order chi connectivity index (χ0) is 14.0. The Balaban J connectivity index is 2.46. The van der Waals surface area contributed by atoms with Crippen molar-refractivity contribution in [3.63, 3.8) is 0 Å². The number of aromatic nitrogens is 2. The van der Waals surface area contributed by atoms with Crippen LogP contribution in [0.25, 0.3) is 11.3 Å². The smallest absolute Gasteiger partial charge is 0.137 e. The largest absolute Gasteiger partial charge is 0.300 e. The number of hydrogen-bond donors (Lipinski definition) is 0. The van der Waals surface area contributed by atoms with Crippen molar-refractivity contribution in [3.05, 3.63) is 47.2 Å². The van der Waals surface area contributed by atoms with E-state index in [0.29, 0.717) is 17.1 Å². The molecule has 4 heteroatoms. The molecule has 1 aromatic carbocycles. The fourth-order valence-corrected chi connectivity index (χ4v) is 1.88. The van der Waals surface area contributed by atoms with Crippen molar-refractivity contribution in [2.45, 2.75) is 27.2 Å². The van der Waals surface area contributed by atoms with Gasteiger partial charge in [0.05, 0.1) is 12.1 Å². The van der Waals surface area contributed by atoms with Gasteiger partial charge in [-0.3, -0.25) is 4.79 Å². The van der Waals surface area contributed by atoms with Gasteiger partial charge in [0.1, 0.15) is 17.4 Å². The van der Waals surface area contributed by atoms with E-state index in [0.717, 1.165) is 11.3 Å². The number of nitrogens with zero attached hydrogens (tertiary/aromatic N) is 2. The summed E-state index contributed by atoms with van der Waals surface area (Å²) in [7, 11) is 0. The van der Waals surface area contributed by atoms with E-state index in [2.05, 4.69) is 9.97 Å². The van der Waals surface area contributed by atoms with Gasteiger partial charge in [0.2, 0.25) is 0 Å². The Bertz CT molecular complexity index is 638. The lowest BCUT2D eigenvalue weighted by Gasteiger charge is -2.06. The first-order chi connectivity index (χ1) is 8.95. The van der Waals surface area contributed by atoms with Crippen molar-refractivity contribution in [1.82, 2.24) is 9.97 Å². The molecule has 98 valence electrons. The number of hydrogen-bond acceptors (Lipinski definition) is 3. The van der Waals surface area contributed by atoms with Crippen LogP contribution in [-0.4, -0.2) is 15.8 Å². The molecule has 0 radical (unpaired) electrons.